The molecule has 3 heterocycles. The molecule has 1 N–H and O–H groups in total. The molecule has 1 fully saturated rings. The number of sulfonamides is 1. The normalized spacial score (nSPS) is 17.7. The molecule has 1 atom stereocenters. The summed E-state index contributed by atoms with van der Waals surface area (Å²) in [6.45, 7) is 2.44. The number of amides is 1. The van der Waals surface area contributed by atoms with E-state index in [2.05, 4.69) is 20.6 Å². The van der Waals surface area contributed by atoms with Gasteiger partial charge in [-0.05, 0) is 50.1 Å². The van der Waals surface area contributed by atoms with E-state index in [0.717, 1.165) is 19.3 Å². The van der Waals surface area contributed by atoms with Crippen molar-refractivity contribution in [1.82, 2.24) is 24.3 Å². The molecule has 4 rings (SSSR count). The second-order valence-electron chi connectivity index (χ2n) is 7.19. The zero-order valence-corrected chi connectivity index (χ0v) is 17.5. The lowest BCUT2D eigenvalue weighted by molar-refractivity contribution is 0.102. The number of hydrogen-bond donors (Lipinski definition) is 1. The van der Waals surface area contributed by atoms with E-state index in [1.54, 1.807) is 24.0 Å². The van der Waals surface area contributed by atoms with Crippen molar-refractivity contribution in [3.8, 4) is 11.6 Å². The fourth-order valence-corrected chi connectivity index (χ4v) is 5.17. The molecule has 158 valence electrons. The number of aryl methyl sites for hydroxylation is 1. The minimum absolute atomic E-state index is 0.0297. The van der Waals surface area contributed by atoms with Gasteiger partial charge in [0.2, 0.25) is 10.0 Å². The first-order valence-electron chi connectivity index (χ1n) is 9.61. The Morgan fingerprint density at radius 3 is 2.60 bits per heavy atom. The number of rotatable bonds is 5. The number of carbonyl (C=O) groups excluding carboxylic acids is 1. The number of carbonyl (C=O) groups is 1. The largest absolute Gasteiger partial charge is 0.401 e. The van der Waals surface area contributed by atoms with E-state index in [4.69, 9.17) is 4.42 Å². The Hall–Kier alpha value is -3.05. The standard InChI is InChI=1S/C19H22N6O4S/c1-13-5-3-4-12-25(13)30(27,28)15-8-6-14(7-9-15)17(26)21-19-23-22-18(29-19)16-10-11-20-24(16)2/h6-11,13H,3-5,12H2,1-2H3,(H,21,23,26). The summed E-state index contributed by atoms with van der Waals surface area (Å²) in [6, 6.07) is 7.44. The van der Waals surface area contributed by atoms with Gasteiger partial charge in [-0.3, -0.25) is 14.8 Å². The Balaban J connectivity index is 1.47. The molecule has 1 aliphatic rings. The third kappa shape index (κ3) is 3.85. The highest BCUT2D eigenvalue weighted by Gasteiger charge is 2.31. The van der Waals surface area contributed by atoms with E-state index in [1.165, 1.54) is 28.6 Å². The number of nitrogens with zero attached hydrogens (tertiary/aromatic N) is 5. The number of nitrogens with one attached hydrogen (secondary N) is 1. The van der Waals surface area contributed by atoms with Crippen molar-refractivity contribution in [2.45, 2.75) is 37.1 Å². The van der Waals surface area contributed by atoms with Crippen molar-refractivity contribution >= 4 is 21.9 Å². The SMILES string of the molecule is CC1CCCCN1S(=O)(=O)c1ccc(C(=O)Nc2nnc(-c3ccnn3C)o2)cc1. The van der Waals surface area contributed by atoms with Crippen LogP contribution in [0.3, 0.4) is 0 Å². The molecule has 0 bridgehead atoms. The Morgan fingerprint density at radius 2 is 1.93 bits per heavy atom. The van der Waals surface area contributed by atoms with Crippen LogP contribution in [0.25, 0.3) is 11.6 Å². The minimum atomic E-state index is -3.59. The van der Waals surface area contributed by atoms with E-state index < -0.39 is 15.9 Å². The highest BCUT2D eigenvalue weighted by atomic mass is 32.2. The molecule has 0 radical (unpaired) electrons. The monoisotopic (exact) mass is 430 g/mol. The zero-order chi connectivity index (χ0) is 21.3. The van der Waals surface area contributed by atoms with Crippen LogP contribution in [-0.4, -0.2) is 51.2 Å². The van der Waals surface area contributed by atoms with Crippen LogP contribution in [0.2, 0.25) is 0 Å². The van der Waals surface area contributed by atoms with Crippen molar-refractivity contribution in [2.75, 3.05) is 11.9 Å². The van der Waals surface area contributed by atoms with Crippen LogP contribution in [0.5, 0.6) is 0 Å². The molecule has 1 unspecified atom stereocenters. The van der Waals surface area contributed by atoms with Gasteiger partial charge in [0.15, 0.2) is 0 Å². The summed E-state index contributed by atoms with van der Waals surface area (Å²) in [5, 5.41) is 14.3. The molecule has 1 aliphatic heterocycles. The van der Waals surface area contributed by atoms with Gasteiger partial charge in [-0.2, -0.15) is 9.40 Å². The average Bonchev–Trinajstić information content (AvgIpc) is 3.36. The van der Waals surface area contributed by atoms with Crippen LogP contribution in [0, 0.1) is 0 Å². The second kappa shape index (κ2) is 8.00. The molecule has 0 spiro atoms. The van der Waals surface area contributed by atoms with Gasteiger partial charge in [0.25, 0.3) is 11.8 Å². The van der Waals surface area contributed by atoms with Gasteiger partial charge in [-0.25, -0.2) is 8.42 Å². The lowest BCUT2D eigenvalue weighted by Crippen LogP contribution is -2.41. The van der Waals surface area contributed by atoms with E-state index in [1.807, 2.05) is 6.92 Å². The minimum Gasteiger partial charge on any atom is -0.401 e. The van der Waals surface area contributed by atoms with Crippen LogP contribution in [0.15, 0.2) is 45.8 Å². The molecule has 3 aromatic rings. The van der Waals surface area contributed by atoms with Crippen molar-refractivity contribution in [1.29, 1.82) is 0 Å². The van der Waals surface area contributed by atoms with Crippen molar-refractivity contribution in [2.24, 2.45) is 7.05 Å². The van der Waals surface area contributed by atoms with E-state index >= 15 is 0 Å². The lowest BCUT2D eigenvalue weighted by atomic mass is 10.1. The van der Waals surface area contributed by atoms with Crippen LogP contribution >= 0.6 is 0 Å². The van der Waals surface area contributed by atoms with Crippen LogP contribution < -0.4 is 5.32 Å². The summed E-state index contributed by atoms with van der Waals surface area (Å²) in [5.41, 5.74) is 0.894. The number of benzene rings is 1. The number of piperidine rings is 1. The predicted molar refractivity (Wildman–Crippen MR) is 108 cm³/mol. The molecule has 1 aromatic carbocycles. The van der Waals surface area contributed by atoms with Gasteiger partial charge in [0, 0.05) is 31.4 Å². The topological polar surface area (TPSA) is 123 Å². The number of aromatic nitrogens is 4. The zero-order valence-electron chi connectivity index (χ0n) is 16.6. The molecule has 2 aromatic heterocycles. The second-order valence-corrected chi connectivity index (χ2v) is 9.08. The van der Waals surface area contributed by atoms with Gasteiger partial charge in [0.1, 0.15) is 5.69 Å². The molecular weight excluding hydrogens is 408 g/mol. The molecule has 0 saturated carbocycles. The van der Waals surface area contributed by atoms with Gasteiger partial charge in [-0.15, -0.1) is 5.10 Å². The fourth-order valence-electron chi connectivity index (χ4n) is 3.47. The Kier molecular flexibility index (Phi) is 5.39. The van der Waals surface area contributed by atoms with Crippen LogP contribution in [-0.2, 0) is 17.1 Å². The predicted octanol–water partition coefficient (Wildman–Crippen LogP) is 2.29. The van der Waals surface area contributed by atoms with Gasteiger partial charge in [-0.1, -0.05) is 11.5 Å². The quantitative estimate of drug-likeness (QED) is 0.659. The number of hydrogen-bond acceptors (Lipinski definition) is 7. The molecule has 10 nitrogen and oxygen atoms in total. The van der Waals surface area contributed by atoms with Crippen molar-refractivity contribution < 1.29 is 17.6 Å². The molecule has 0 aliphatic carbocycles. The summed E-state index contributed by atoms with van der Waals surface area (Å²) in [7, 11) is -1.85. The van der Waals surface area contributed by atoms with E-state index in [0.29, 0.717) is 12.2 Å². The van der Waals surface area contributed by atoms with Crippen LogP contribution in [0.1, 0.15) is 36.5 Å². The Labute approximate surface area is 174 Å². The first-order valence-corrected chi connectivity index (χ1v) is 11.1. The molecule has 1 amide bonds. The molecule has 11 heteroatoms. The summed E-state index contributed by atoms with van der Waals surface area (Å²) in [5.74, 6) is -0.257. The fraction of sp³-hybridized carbons (Fsp3) is 0.368. The maximum atomic E-state index is 12.9. The lowest BCUT2D eigenvalue weighted by Gasteiger charge is -2.32. The Morgan fingerprint density at radius 1 is 1.17 bits per heavy atom. The van der Waals surface area contributed by atoms with Crippen LogP contribution in [0.4, 0.5) is 6.01 Å². The maximum absolute atomic E-state index is 12.9. The highest BCUT2D eigenvalue weighted by Crippen LogP contribution is 2.25. The summed E-state index contributed by atoms with van der Waals surface area (Å²) < 4.78 is 34.4. The van der Waals surface area contributed by atoms with Crippen molar-refractivity contribution in [3.05, 3.63) is 42.1 Å². The molecule has 30 heavy (non-hydrogen) atoms. The highest BCUT2D eigenvalue weighted by molar-refractivity contribution is 7.89. The molecular formula is C19H22N6O4S. The summed E-state index contributed by atoms with van der Waals surface area (Å²) in [6.07, 6.45) is 4.34. The smallest absolute Gasteiger partial charge is 0.322 e. The molecule has 1 saturated heterocycles. The maximum Gasteiger partial charge on any atom is 0.322 e. The summed E-state index contributed by atoms with van der Waals surface area (Å²) in [4.78, 5) is 12.6. The van der Waals surface area contributed by atoms with E-state index in [9.17, 15) is 13.2 Å². The van der Waals surface area contributed by atoms with Crippen molar-refractivity contribution in [3.63, 3.8) is 0 Å². The van der Waals surface area contributed by atoms with Gasteiger partial charge < -0.3 is 4.42 Å². The van der Waals surface area contributed by atoms with Gasteiger partial charge >= 0.3 is 6.01 Å². The summed E-state index contributed by atoms with van der Waals surface area (Å²) >= 11 is 0. The van der Waals surface area contributed by atoms with Gasteiger partial charge in [0.05, 0.1) is 4.90 Å². The first kappa shape index (κ1) is 20.2. The third-order valence-electron chi connectivity index (χ3n) is 5.15. The first-order chi connectivity index (χ1) is 14.4. The number of anilines is 1. The average molecular weight is 430 g/mol. The Bertz CT molecular complexity index is 1150. The van der Waals surface area contributed by atoms with E-state index in [-0.39, 0.29) is 28.4 Å². The third-order valence-corrected chi connectivity index (χ3v) is 7.18.